The second kappa shape index (κ2) is 4.13. The first-order valence-corrected chi connectivity index (χ1v) is 5.49. The average Bonchev–Trinajstić information content (AvgIpc) is 2.28. The number of hydrogen-bond donors (Lipinski definition) is 1. The summed E-state index contributed by atoms with van der Waals surface area (Å²) in [6.07, 6.45) is 0.431. The number of benzene rings is 1. The third kappa shape index (κ3) is 1.65. The molecule has 0 aliphatic carbocycles. The maximum absolute atomic E-state index is 13.6. The first-order chi connectivity index (χ1) is 7.65. The van der Waals surface area contributed by atoms with Crippen molar-refractivity contribution in [1.82, 2.24) is 0 Å². The van der Waals surface area contributed by atoms with E-state index < -0.39 is 17.0 Å². The van der Waals surface area contributed by atoms with E-state index in [-0.39, 0.29) is 23.5 Å². The van der Waals surface area contributed by atoms with Crippen LogP contribution in [0, 0.1) is 5.82 Å². The van der Waals surface area contributed by atoms with E-state index in [9.17, 15) is 13.4 Å². The van der Waals surface area contributed by atoms with Crippen LogP contribution in [-0.2, 0) is 15.9 Å². The predicted molar refractivity (Wildman–Crippen MR) is 55.8 cm³/mol. The number of carbonyl (C=O) groups excluding carboxylic acids is 1. The minimum absolute atomic E-state index is 0.118. The van der Waals surface area contributed by atoms with Crippen LogP contribution in [0.25, 0.3) is 0 Å². The molecule has 2 N–H and O–H groups in total. The van der Waals surface area contributed by atoms with E-state index in [0.29, 0.717) is 18.1 Å². The zero-order valence-electron chi connectivity index (χ0n) is 8.23. The second-order valence-corrected chi connectivity index (χ2v) is 4.19. The van der Waals surface area contributed by atoms with Gasteiger partial charge in [-0.25, -0.2) is 4.39 Å². The van der Waals surface area contributed by atoms with Crippen molar-refractivity contribution in [2.24, 2.45) is 5.73 Å². The average molecular weight is 242 g/mol. The van der Waals surface area contributed by atoms with Crippen LogP contribution in [0.4, 0.5) is 4.39 Å². The Labute approximate surface area is 95.1 Å². The van der Waals surface area contributed by atoms with E-state index in [1.165, 1.54) is 6.07 Å². The highest BCUT2D eigenvalue weighted by Gasteiger charge is 2.37. The largest absolute Gasteiger partial charge is 0.492 e. The van der Waals surface area contributed by atoms with Crippen molar-refractivity contribution in [2.75, 3.05) is 6.61 Å². The van der Waals surface area contributed by atoms with Crippen LogP contribution in [0.3, 0.4) is 0 Å². The summed E-state index contributed by atoms with van der Waals surface area (Å²) in [5, 5.41) is -0.525. The van der Waals surface area contributed by atoms with E-state index in [1.807, 2.05) is 0 Å². The number of hydrogen-bond acceptors (Lipinski definition) is 3. The van der Waals surface area contributed by atoms with E-state index in [1.54, 1.807) is 0 Å². The normalized spacial score (nSPS) is 18.4. The van der Waals surface area contributed by atoms with Crippen molar-refractivity contribution in [3.8, 4) is 5.75 Å². The summed E-state index contributed by atoms with van der Waals surface area (Å²) in [7, 11) is 0. The van der Waals surface area contributed by atoms with Crippen LogP contribution in [0.15, 0.2) is 12.1 Å². The van der Waals surface area contributed by atoms with E-state index >= 15 is 0 Å². The molecule has 0 saturated heterocycles. The molecule has 6 heteroatoms. The molecule has 1 aromatic carbocycles. The fraction of sp³-hybridized carbons (Fsp3) is 0.300. The molecule has 4 nitrogen and oxygen atoms in total. The van der Waals surface area contributed by atoms with E-state index in [0.717, 1.165) is 6.07 Å². The molecule has 0 spiro atoms. The molecule has 16 heavy (non-hydrogen) atoms. The van der Waals surface area contributed by atoms with Gasteiger partial charge in [0.25, 0.3) is 11.2 Å². The van der Waals surface area contributed by atoms with Gasteiger partial charge in [0.15, 0.2) is 0 Å². The van der Waals surface area contributed by atoms with Crippen LogP contribution in [-0.4, -0.2) is 12.5 Å². The summed E-state index contributed by atoms with van der Waals surface area (Å²) in [6.45, 7) is 0.288. The van der Waals surface area contributed by atoms with Gasteiger partial charge in [0, 0.05) is 10.6 Å². The first-order valence-electron chi connectivity index (χ1n) is 4.68. The summed E-state index contributed by atoms with van der Waals surface area (Å²) < 4.78 is 29.7. The molecule has 0 unspecified atom stereocenters. The number of ether oxygens (including phenoxy) is 1. The molecule has 1 heterocycles. The first kappa shape index (κ1) is 10.9. The SMILES string of the molecule is NC(=O)c1ccc(F)c2c1OCC[C@@H]2[S+]=O. The van der Waals surface area contributed by atoms with E-state index in [2.05, 4.69) is 0 Å². The van der Waals surface area contributed by atoms with Gasteiger partial charge in [-0.1, -0.05) is 0 Å². The van der Waals surface area contributed by atoms with Crippen LogP contribution < -0.4 is 10.5 Å². The molecule has 0 bridgehead atoms. The molecule has 0 radical (unpaired) electrons. The summed E-state index contributed by atoms with van der Waals surface area (Å²) in [5.74, 6) is -1.10. The Morgan fingerprint density at radius 1 is 1.56 bits per heavy atom. The quantitative estimate of drug-likeness (QED) is 0.791. The van der Waals surface area contributed by atoms with Crippen molar-refractivity contribution in [1.29, 1.82) is 0 Å². The lowest BCUT2D eigenvalue weighted by molar-refractivity contribution is 0.0995. The molecular weight excluding hydrogens is 233 g/mol. The summed E-state index contributed by atoms with van der Waals surface area (Å²) in [4.78, 5) is 11.1. The lowest BCUT2D eigenvalue weighted by atomic mass is 10.0. The minimum Gasteiger partial charge on any atom is -0.492 e. The third-order valence-corrected chi connectivity index (χ3v) is 3.18. The molecule has 1 amide bonds. The van der Waals surface area contributed by atoms with Gasteiger partial charge in [0.05, 0.1) is 17.7 Å². The molecule has 1 aliphatic heterocycles. The number of amides is 1. The van der Waals surface area contributed by atoms with Gasteiger partial charge in [0.2, 0.25) is 0 Å². The molecule has 1 aliphatic rings. The van der Waals surface area contributed by atoms with Crippen LogP contribution in [0.5, 0.6) is 5.75 Å². The molecule has 2 rings (SSSR count). The minimum atomic E-state index is -0.687. The monoisotopic (exact) mass is 242 g/mol. The summed E-state index contributed by atoms with van der Waals surface area (Å²) >= 11 is 0.301. The lowest BCUT2D eigenvalue weighted by Crippen LogP contribution is -2.20. The number of rotatable bonds is 2. The third-order valence-electron chi connectivity index (χ3n) is 2.47. The highest BCUT2D eigenvalue weighted by molar-refractivity contribution is 7.65. The van der Waals surface area contributed by atoms with Crippen LogP contribution >= 0.6 is 0 Å². The smallest absolute Gasteiger partial charge is 0.467 e. The van der Waals surface area contributed by atoms with Gasteiger partial charge in [-0.3, -0.25) is 4.79 Å². The molecule has 0 saturated carbocycles. The van der Waals surface area contributed by atoms with Crippen LogP contribution in [0.2, 0.25) is 0 Å². The van der Waals surface area contributed by atoms with Crippen molar-refractivity contribution in [3.63, 3.8) is 0 Å². The van der Waals surface area contributed by atoms with Gasteiger partial charge in [-0.15, -0.1) is 0 Å². The number of carbonyl (C=O) groups is 1. The number of nitrogens with two attached hydrogens (primary N) is 1. The van der Waals surface area contributed by atoms with E-state index in [4.69, 9.17) is 10.5 Å². The van der Waals surface area contributed by atoms with Gasteiger partial charge >= 0.3 is 11.7 Å². The predicted octanol–water partition coefficient (Wildman–Crippen LogP) is 1.18. The lowest BCUT2D eigenvalue weighted by Gasteiger charge is -2.19. The van der Waals surface area contributed by atoms with Gasteiger partial charge < -0.3 is 10.5 Å². The zero-order valence-corrected chi connectivity index (χ0v) is 9.05. The topological polar surface area (TPSA) is 69.4 Å². The highest BCUT2D eigenvalue weighted by Crippen LogP contribution is 2.37. The fourth-order valence-corrected chi connectivity index (χ4v) is 2.24. The molecule has 0 fully saturated rings. The Hall–Kier alpha value is -1.56. The van der Waals surface area contributed by atoms with Crippen molar-refractivity contribution >= 4 is 17.6 Å². The van der Waals surface area contributed by atoms with Gasteiger partial charge in [0.1, 0.15) is 11.6 Å². The number of fused-ring (bicyclic) bond motifs is 1. The Bertz CT molecular complexity index is 464. The van der Waals surface area contributed by atoms with Gasteiger partial charge in [-0.2, -0.15) is 0 Å². The Balaban J connectivity index is 2.64. The molecule has 1 aromatic rings. The fourth-order valence-electron chi connectivity index (χ4n) is 1.73. The van der Waals surface area contributed by atoms with Crippen molar-refractivity contribution in [2.45, 2.75) is 11.7 Å². The highest BCUT2D eigenvalue weighted by atomic mass is 32.1. The van der Waals surface area contributed by atoms with Gasteiger partial charge in [-0.05, 0) is 12.1 Å². The Morgan fingerprint density at radius 2 is 2.31 bits per heavy atom. The summed E-state index contributed by atoms with van der Waals surface area (Å²) in [5.41, 5.74) is 5.42. The molecular formula is C10H9FNO3S+. The summed E-state index contributed by atoms with van der Waals surface area (Å²) in [6, 6.07) is 2.41. The standard InChI is InChI=1S/C10H8FNO3S/c11-6-2-1-5(10(12)13)9-8(6)7(16-14)3-4-15-9/h1-2,7H,3-4H2,(H-,12,13)/p+1/t7-/m0/s1. The molecule has 1 atom stereocenters. The van der Waals surface area contributed by atoms with Crippen molar-refractivity contribution < 1.29 is 18.1 Å². The molecule has 0 aromatic heterocycles. The van der Waals surface area contributed by atoms with Crippen LogP contribution in [0.1, 0.15) is 27.6 Å². The maximum Gasteiger partial charge on any atom is 0.467 e. The second-order valence-electron chi connectivity index (χ2n) is 3.42. The zero-order chi connectivity index (χ0) is 11.7. The number of primary amides is 1. The van der Waals surface area contributed by atoms with Crippen molar-refractivity contribution in [3.05, 3.63) is 29.1 Å². The Kier molecular flexibility index (Phi) is 2.82. The maximum atomic E-state index is 13.6. The number of halogens is 1. The Morgan fingerprint density at radius 3 is 2.94 bits per heavy atom. The molecule has 84 valence electrons.